The van der Waals surface area contributed by atoms with Gasteiger partial charge in [-0.2, -0.15) is 0 Å². The molecular formula is C17H23N5OS. The van der Waals surface area contributed by atoms with Crippen LogP contribution >= 0.6 is 11.8 Å². The maximum atomic E-state index is 12.6. The van der Waals surface area contributed by atoms with E-state index >= 15 is 0 Å². The van der Waals surface area contributed by atoms with Crippen LogP contribution < -0.4 is 5.32 Å². The van der Waals surface area contributed by atoms with Gasteiger partial charge in [-0.25, -0.2) is 4.68 Å². The number of rotatable bonds is 8. The van der Waals surface area contributed by atoms with E-state index in [9.17, 15) is 4.79 Å². The fraction of sp³-hybridized carbons (Fsp3) is 0.529. The van der Waals surface area contributed by atoms with E-state index in [1.165, 1.54) is 11.8 Å². The number of carbonyl (C=O) groups excluding carboxylic acids is 1. The van der Waals surface area contributed by atoms with Gasteiger partial charge in [0.1, 0.15) is 0 Å². The molecule has 6 nitrogen and oxygen atoms in total. The van der Waals surface area contributed by atoms with Crippen LogP contribution in [0.15, 0.2) is 35.5 Å². The first-order chi connectivity index (χ1) is 11.7. The van der Waals surface area contributed by atoms with Gasteiger partial charge in [-0.3, -0.25) is 4.79 Å². The molecule has 2 atom stereocenters. The Kier molecular flexibility index (Phi) is 5.50. The minimum Gasteiger partial charge on any atom is -0.348 e. The van der Waals surface area contributed by atoms with Crippen molar-refractivity contribution >= 4 is 17.7 Å². The average molecular weight is 345 g/mol. The van der Waals surface area contributed by atoms with E-state index in [1.807, 2.05) is 29.8 Å². The summed E-state index contributed by atoms with van der Waals surface area (Å²) in [5, 5.41) is 15.5. The predicted octanol–water partition coefficient (Wildman–Crippen LogP) is 3.15. The van der Waals surface area contributed by atoms with Crippen LogP contribution in [0.4, 0.5) is 0 Å². The third-order valence-corrected chi connectivity index (χ3v) is 5.15. The van der Waals surface area contributed by atoms with Crippen molar-refractivity contribution in [3.05, 3.63) is 35.9 Å². The van der Waals surface area contributed by atoms with Crippen LogP contribution in [0, 0.1) is 0 Å². The number of nitrogens with one attached hydrogen (secondary N) is 1. The largest absolute Gasteiger partial charge is 0.348 e. The molecule has 128 valence electrons. The molecule has 1 fully saturated rings. The molecule has 1 amide bonds. The van der Waals surface area contributed by atoms with E-state index < -0.39 is 0 Å². The highest BCUT2D eigenvalue weighted by molar-refractivity contribution is 8.00. The second-order valence-electron chi connectivity index (χ2n) is 6.16. The van der Waals surface area contributed by atoms with Crippen LogP contribution in [0.3, 0.4) is 0 Å². The Morgan fingerprint density at radius 1 is 1.38 bits per heavy atom. The van der Waals surface area contributed by atoms with Crippen molar-refractivity contribution in [2.75, 3.05) is 0 Å². The lowest BCUT2D eigenvalue weighted by Gasteiger charge is -2.20. The lowest BCUT2D eigenvalue weighted by molar-refractivity contribution is -0.121. The van der Waals surface area contributed by atoms with Gasteiger partial charge < -0.3 is 5.32 Å². The highest BCUT2D eigenvalue weighted by Gasteiger charge is 2.29. The molecule has 1 saturated carbocycles. The molecule has 3 rings (SSSR count). The highest BCUT2D eigenvalue weighted by atomic mass is 32.2. The SMILES string of the molecule is CCCC(NC(=O)C(C)Sc1nnnn1C1CC1)c1ccccc1. The van der Waals surface area contributed by atoms with Crippen LogP contribution in [-0.4, -0.2) is 31.4 Å². The van der Waals surface area contributed by atoms with Crippen LogP contribution in [-0.2, 0) is 4.79 Å². The van der Waals surface area contributed by atoms with E-state index in [4.69, 9.17) is 0 Å². The van der Waals surface area contributed by atoms with E-state index in [0.29, 0.717) is 6.04 Å². The van der Waals surface area contributed by atoms with E-state index in [0.717, 1.165) is 36.4 Å². The summed E-state index contributed by atoms with van der Waals surface area (Å²) in [6, 6.07) is 10.6. The van der Waals surface area contributed by atoms with Gasteiger partial charge in [0.25, 0.3) is 0 Å². The monoisotopic (exact) mass is 345 g/mol. The van der Waals surface area contributed by atoms with Gasteiger partial charge in [0, 0.05) is 0 Å². The summed E-state index contributed by atoms with van der Waals surface area (Å²) >= 11 is 1.42. The van der Waals surface area contributed by atoms with Gasteiger partial charge in [-0.05, 0) is 42.2 Å². The Labute approximate surface area is 146 Å². The molecule has 2 unspecified atom stereocenters. The van der Waals surface area contributed by atoms with Crippen molar-refractivity contribution in [3.63, 3.8) is 0 Å². The van der Waals surface area contributed by atoms with Crippen LogP contribution in [0.2, 0.25) is 0 Å². The molecule has 0 radical (unpaired) electrons. The van der Waals surface area contributed by atoms with Crippen LogP contribution in [0.25, 0.3) is 0 Å². The molecule has 0 spiro atoms. The Morgan fingerprint density at radius 2 is 2.12 bits per heavy atom. The summed E-state index contributed by atoms with van der Waals surface area (Å²) in [6.07, 6.45) is 4.17. The Hall–Kier alpha value is -1.89. The molecule has 1 heterocycles. The van der Waals surface area contributed by atoms with E-state index in [1.54, 1.807) is 0 Å². The predicted molar refractivity (Wildman–Crippen MR) is 93.6 cm³/mol. The Balaban J connectivity index is 1.62. The summed E-state index contributed by atoms with van der Waals surface area (Å²) in [6.45, 7) is 4.03. The maximum absolute atomic E-state index is 12.6. The number of hydrogen-bond donors (Lipinski definition) is 1. The standard InChI is InChI=1S/C17H23N5OS/c1-3-7-15(13-8-5-4-6-9-13)18-16(23)12(2)24-17-19-20-21-22(17)14-10-11-14/h4-6,8-9,12,14-15H,3,7,10-11H2,1-2H3,(H,18,23). The molecule has 0 aliphatic heterocycles. The number of amides is 1. The molecule has 1 aromatic carbocycles. The Bertz CT molecular complexity index is 671. The third-order valence-electron chi connectivity index (χ3n) is 4.10. The molecule has 1 aromatic heterocycles. The van der Waals surface area contributed by atoms with Crippen molar-refractivity contribution in [3.8, 4) is 0 Å². The van der Waals surface area contributed by atoms with Gasteiger partial charge in [0.15, 0.2) is 0 Å². The number of aromatic nitrogens is 4. The maximum Gasteiger partial charge on any atom is 0.233 e. The molecule has 2 aromatic rings. The number of benzene rings is 1. The molecule has 1 N–H and O–H groups in total. The molecule has 24 heavy (non-hydrogen) atoms. The number of tetrazole rings is 1. The molecule has 1 aliphatic rings. The van der Waals surface area contributed by atoms with E-state index in [2.05, 4.69) is 39.9 Å². The second kappa shape index (κ2) is 7.79. The number of hydrogen-bond acceptors (Lipinski definition) is 5. The first kappa shape index (κ1) is 17.0. The van der Waals surface area contributed by atoms with E-state index in [-0.39, 0.29) is 17.2 Å². The molecule has 1 aliphatic carbocycles. The first-order valence-electron chi connectivity index (χ1n) is 8.49. The minimum absolute atomic E-state index is 0.0210. The normalized spacial score (nSPS) is 16.6. The molecular weight excluding hydrogens is 322 g/mol. The van der Waals surface area contributed by atoms with Crippen LogP contribution in [0.5, 0.6) is 0 Å². The lowest BCUT2D eigenvalue weighted by Crippen LogP contribution is -2.34. The lowest BCUT2D eigenvalue weighted by atomic mass is 10.0. The summed E-state index contributed by atoms with van der Waals surface area (Å²) in [5.41, 5.74) is 1.15. The van der Waals surface area contributed by atoms with Gasteiger partial charge in [0.2, 0.25) is 11.1 Å². The third kappa shape index (κ3) is 4.14. The second-order valence-corrected chi connectivity index (χ2v) is 7.47. The van der Waals surface area contributed by atoms with Crippen molar-refractivity contribution in [2.24, 2.45) is 0 Å². The smallest absolute Gasteiger partial charge is 0.233 e. The summed E-state index contributed by atoms with van der Waals surface area (Å²) in [5.74, 6) is 0.0210. The first-order valence-corrected chi connectivity index (χ1v) is 9.36. The summed E-state index contributed by atoms with van der Waals surface area (Å²) in [4.78, 5) is 12.6. The number of nitrogens with zero attached hydrogens (tertiary/aromatic N) is 4. The quantitative estimate of drug-likeness (QED) is 0.744. The molecule has 7 heteroatoms. The van der Waals surface area contributed by atoms with Crippen molar-refractivity contribution in [1.82, 2.24) is 25.5 Å². The van der Waals surface area contributed by atoms with Gasteiger partial charge in [-0.15, -0.1) is 5.10 Å². The highest BCUT2D eigenvalue weighted by Crippen LogP contribution is 2.37. The zero-order chi connectivity index (χ0) is 16.9. The minimum atomic E-state index is -0.239. The fourth-order valence-electron chi connectivity index (χ4n) is 2.61. The number of carbonyl (C=O) groups is 1. The van der Waals surface area contributed by atoms with Crippen molar-refractivity contribution in [1.29, 1.82) is 0 Å². The van der Waals surface area contributed by atoms with Crippen molar-refractivity contribution < 1.29 is 4.79 Å². The fourth-order valence-corrected chi connectivity index (χ4v) is 3.48. The molecule has 0 saturated heterocycles. The Morgan fingerprint density at radius 3 is 2.79 bits per heavy atom. The number of thioether (sulfide) groups is 1. The average Bonchev–Trinajstić information content (AvgIpc) is 3.34. The zero-order valence-corrected chi connectivity index (χ0v) is 14.9. The summed E-state index contributed by atoms with van der Waals surface area (Å²) < 4.78 is 1.84. The zero-order valence-electron chi connectivity index (χ0n) is 14.1. The van der Waals surface area contributed by atoms with Crippen LogP contribution in [0.1, 0.15) is 57.2 Å². The van der Waals surface area contributed by atoms with Gasteiger partial charge in [0.05, 0.1) is 17.3 Å². The van der Waals surface area contributed by atoms with Gasteiger partial charge >= 0.3 is 0 Å². The molecule has 0 bridgehead atoms. The topological polar surface area (TPSA) is 72.7 Å². The van der Waals surface area contributed by atoms with Gasteiger partial charge in [-0.1, -0.05) is 55.4 Å². The van der Waals surface area contributed by atoms with Crippen molar-refractivity contribution in [2.45, 2.75) is 62.0 Å². The summed E-state index contributed by atoms with van der Waals surface area (Å²) in [7, 11) is 0.